The van der Waals surface area contributed by atoms with Crippen LogP contribution in [-0.4, -0.2) is 14.6 Å². The summed E-state index contributed by atoms with van der Waals surface area (Å²) >= 11 is 0. The number of nitro benzene ring substituents is 1. The molecule has 6 nitrogen and oxygen atoms in total. The molecule has 22 heavy (non-hydrogen) atoms. The van der Waals surface area contributed by atoms with Gasteiger partial charge in [-0.2, -0.15) is 0 Å². The molecular formula is C16H18N2O4. The fourth-order valence-corrected chi connectivity index (χ4v) is 2.36. The van der Waals surface area contributed by atoms with Gasteiger partial charge >= 0.3 is 0 Å². The summed E-state index contributed by atoms with van der Waals surface area (Å²) in [6, 6.07) is 9.39. The Hall–Kier alpha value is -2.47. The molecule has 0 aliphatic carbocycles. The zero-order chi connectivity index (χ0) is 16.5. The monoisotopic (exact) mass is 302 g/mol. The van der Waals surface area contributed by atoms with Gasteiger partial charge in [0.05, 0.1) is 16.2 Å². The average molecular weight is 302 g/mol. The molecule has 1 heterocycles. The third-order valence-corrected chi connectivity index (χ3v) is 3.52. The number of benzene rings is 1. The van der Waals surface area contributed by atoms with Crippen LogP contribution in [0.3, 0.4) is 0 Å². The van der Waals surface area contributed by atoms with Crippen LogP contribution in [0.25, 0.3) is 11.3 Å². The number of nitrogens with zero attached hydrogens (tertiary/aromatic N) is 2. The van der Waals surface area contributed by atoms with Crippen LogP contribution in [-0.2, 0) is 12.1 Å². The SMILES string of the molecule is CCn1c(-c2ccc([N+](=O)[O-])cc2)ccc(C(C)(C)O)c1=O. The summed E-state index contributed by atoms with van der Waals surface area (Å²) in [5, 5.41) is 20.8. The highest BCUT2D eigenvalue weighted by molar-refractivity contribution is 5.61. The third kappa shape index (κ3) is 2.92. The summed E-state index contributed by atoms with van der Waals surface area (Å²) < 4.78 is 1.55. The lowest BCUT2D eigenvalue weighted by Crippen LogP contribution is -2.32. The first-order chi connectivity index (χ1) is 10.3. The minimum absolute atomic E-state index is 0.00209. The molecule has 0 atom stereocenters. The molecule has 1 aromatic heterocycles. The number of aromatic nitrogens is 1. The maximum Gasteiger partial charge on any atom is 0.269 e. The number of aliphatic hydroxyl groups is 1. The van der Waals surface area contributed by atoms with Crippen molar-refractivity contribution in [3.8, 4) is 11.3 Å². The lowest BCUT2D eigenvalue weighted by molar-refractivity contribution is -0.384. The second-order valence-corrected chi connectivity index (χ2v) is 5.54. The Labute approximate surface area is 127 Å². The Morgan fingerprint density at radius 2 is 1.77 bits per heavy atom. The Bertz CT molecular complexity index is 755. The largest absolute Gasteiger partial charge is 0.386 e. The maximum absolute atomic E-state index is 12.5. The summed E-state index contributed by atoms with van der Waals surface area (Å²) in [5.41, 5.74) is 0.220. The topological polar surface area (TPSA) is 85.4 Å². The molecule has 116 valence electrons. The van der Waals surface area contributed by atoms with Gasteiger partial charge in [-0.1, -0.05) is 0 Å². The number of pyridine rings is 1. The zero-order valence-corrected chi connectivity index (χ0v) is 12.7. The Morgan fingerprint density at radius 3 is 2.23 bits per heavy atom. The Kier molecular flexibility index (Phi) is 4.14. The van der Waals surface area contributed by atoms with Crippen LogP contribution in [0, 0.1) is 10.1 Å². The van der Waals surface area contributed by atoms with Crippen molar-refractivity contribution in [2.24, 2.45) is 0 Å². The third-order valence-electron chi connectivity index (χ3n) is 3.52. The van der Waals surface area contributed by atoms with E-state index >= 15 is 0 Å². The Balaban J connectivity index is 2.59. The molecule has 0 fully saturated rings. The van der Waals surface area contributed by atoms with Gasteiger partial charge in [0.25, 0.3) is 11.2 Å². The van der Waals surface area contributed by atoms with E-state index in [0.29, 0.717) is 23.4 Å². The number of hydrogen-bond acceptors (Lipinski definition) is 4. The highest BCUT2D eigenvalue weighted by atomic mass is 16.6. The first-order valence-electron chi connectivity index (χ1n) is 6.97. The number of hydrogen-bond donors (Lipinski definition) is 1. The lowest BCUT2D eigenvalue weighted by atomic mass is 9.98. The molecule has 1 aromatic carbocycles. The normalized spacial score (nSPS) is 11.5. The number of rotatable bonds is 4. The van der Waals surface area contributed by atoms with E-state index in [2.05, 4.69) is 0 Å². The first-order valence-corrected chi connectivity index (χ1v) is 6.97. The van der Waals surface area contributed by atoms with E-state index < -0.39 is 10.5 Å². The first kappa shape index (κ1) is 15.9. The lowest BCUT2D eigenvalue weighted by Gasteiger charge is -2.20. The van der Waals surface area contributed by atoms with E-state index in [9.17, 15) is 20.0 Å². The van der Waals surface area contributed by atoms with Crippen LogP contribution in [0.2, 0.25) is 0 Å². The van der Waals surface area contributed by atoms with E-state index in [0.717, 1.165) is 0 Å². The summed E-state index contributed by atoms with van der Waals surface area (Å²) in [6.07, 6.45) is 0. The summed E-state index contributed by atoms with van der Waals surface area (Å²) in [7, 11) is 0. The zero-order valence-electron chi connectivity index (χ0n) is 12.7. The van der Waals surface area contributed by atoms with Gasteiger partial charge in [0.2, 0.25) is 0 Å². The van der Waals surface area contributed by atoms with Crippen molar-refractivity contribution < 1.29 is 10.0 Å². The molecule has 1 N–H and O–H groups in total. The summed E-state index contributed by atoms with van der Waals surface area (Å²) in [6.45, 7) is 5.41. The molecule has 0 saturated carbocycles. The molecule has 0 bridgehead atoms. The van der Waals surface area contributed by atoms with Crippen molar-refractivity contribution >= 4 is 5.69 Å². The van der Waals surface area contributed by atoms with Crippen molar-refractivity contribution in [2.45, 2.75) is 32.9 Å². The minimum Gasteiger partial charge on any atom is -0.386 e. The molecule has 0 aliphatic rings. The van der Waals surface area contributed by atoms with E-state index in [1.165, 1.54) is 12.1 Å². The standard InChI is InChI=1S/C16H18N2O4/c1-4-17-14(10-9-13(15(17)19)16(2,3)20)11-5-7-12(8-6-11)18(21)22/h5-10,20H,4H2,1-3H3. The fourth-order valence-electron chi connectivity index (χ4n) is 2.36. The highest BCUT2D eigenvalue weighted by Gasteiger charge is 2.22. The molecule has 0 amide bonds. The van der Waals surface area contributed by atoms with Crippen LogP contribution in [0.5, 0.6) is 0 Å². The molecule has 0 aliphatic heterocycles. The van der Waals surface area contributed by atoms with Crippen LogP contribution in [0.4, 0.5) is 5.69 Å². The van der Waals surface area contributed by atoms with Crippen molar-refractivity contribution in [3.63, 3.8) is 0 Å². The number of non-ortho nitro benzene ring substituents is 1. The number of nitro groups is 1. The van der Waals surface area contributed by atoms with Gasteiger partial charge in [-0.3, -0.25) is 14.9 Å². The summed E-state index contributed by atoms with van der Waals surface area (Å²) in [5.74, 6) is 0. The molecule has 2 aromatic rings. The van der Waals surface area contributed by atoms with Crippen LogP contribution >= 0.6 is 0 Å². The van der Waals surface area contributed by atoms with Gasteiger partial charge in [0.15, 0.2) is 0 Å². The molecular weight excluding hydrogens is 284 g/mol. The molecule has 2 rings (SSSR count). The van der Waals surface area contributed by atoms with Gasteiger partial charge in [0.1, 0.15) is 0 Å². The van der Waals surface area contributed by atoms with Crippen molar-refractivity contribution in [3.05, 3.63) is 62.4 Å². The van der Waals surface area contributed by atoms with Crippen LogP contribution < -0.4 is 5.56 Å². The van der Waals surface area contributed by atoms with E-state index in [-0.39, 0.29) is 11.2 Å². The van der Waals surface area contributed by atoms with E-state index in [4.69, 9.17) is 0 Å². The van der Waals surface area contributed by atoms with Crippen LogP contribution in [0.1, 0.15) is 26.3 Å². The average Bonchev–Trinajstić information content (AvgIpc) is 2.45. The van der Waals surface area contributed by atoms with Gasteiger partial charge in [-0.15, -0.1) is 0 Å². The molecule has 6 heteroatoms. The Morgan fingerprint density at radius 1 is 1.18 bits per heavy atom. The molecule has 0 radical (unpaired) electrons. The molecule has 0 unspecified atom stereocenters. The molecule has 0 spiro atoms. The minimum atomic E-state index is -1.22. The van der Waals surface area contributed by atoms with Crippen molar-refractivity contribution in [2.75, 3.05) is 0 Å². The van der Waals surface area contributed by atoms with Gasteiger partial charge in [-0.25, -0.2) is 0 Å². The summed E-state index contributed by atoms with van der Waals surface area (Å²) in [4.78, 5) is 22.8. The van der Waals surface area contributed by atoms with Crippen molar-refractivity contribution in [1.82, 2.24) is 4.57 Å². The second-order valence-electron chi connectivity index (χ2n) is 5.54. The molecule has 0 saturated heterocycles. The highest BCUT2D eigenvalue weighted by Crippen LogP contribution is 2.24. The fraction of sp³-hybridized carbons (Fsp3) is 0.312. The van der Waals surface area contributed by atoms with Crippen molar-refractivity contribution in [1.29, 1.82) is 0 Å². The van der Waals surface area contributed by atoms with Crippen LogP contribution in [0.15, 0.2) is 41.2 Å². The van der Waals surface area contributed by atoms with Gasteiger partial charge < -0.3 is 9.67 Å². The van der Waals surface area contributed by atoms with Gasteiger partial charge in [0, 0.05) is 24.2 Å². The van der Waals surface area contributed by atoms with E-state index in [1.54, 1.807) is 42.7 Å². The maximum atomic E-state index is 12.5. The smallest absolute Gasteiger partial charge is 0.269 e. The second kappa shape index (κ2) is 5.73. The quantitative estimate of drug-likeness (QED) is 0.695. The van der Waals surface area contributed by atoms with Gasteiger partial charge in [-0.05, 0) is 50.6 Å². The van der Waals surface area contributed by atoms with E-state index in [1.807, 2.05) is 6.92 Å². The predicted molar refractivity (Wildman–Crippen MR) is 83.7 cm³/mol. The predicted octanol–water partition coefficient (Wildman–Crippen LogP) is 2.67.